The number of amides is 1. The molecule has 0 unspecified atom stereocenters. The number of hydrogen-bond donors (Lipinski definition) is 1. The minimum absolute atomic E-state index is 0.0524. The second kappa shape index (κ2) is 6.07. The summed E-state index contributed by atoms with van der Waals surface area (Å²) in [5, 5.41) is 10.1. The lowest BCUT2D eigenvalue weighted by molar-refractivity contribution is -0.0384. The van der Waals surface area contributed by atoms with E-state index in [-0.39, 0.29) is 24.0 Å². The van der Waals surface area contributed by atoms with Crippen molar-refractivity contribution in [3.63, 3.8) is 0 Å². The van der Waals surface area contributed by atoms with Crippen LogP contribution < -0.4 is 0 Å². The number of ether oxygens (including phenoxy) is 1. The summed E-state index contributed by atoms with van der Waals surface area (Å²) in [6, 6.07) is -0.0524. The molecule has 21 heavy (non-hydrogen) atoms. The van der Waals surface area contributed by atoms with Gasteiger partial charge in [-0.1, -0.05) is 6.42 Å². The van der Waals surface area contributed by atoms with Crippen molar-refractivity contribution in [1.82, 2.24) is 14.9 Å². The van der Waals surface area contributed by atoms with Crippen LogP contribution in [0.1, 0.15) is 35.3 Å². The van der Waals surface area contributed by atoms with E-state index in [9.17, 15) is 9.90 Å². The van der Waals surface area contributed by atoms with Gasteiger partial charge in [-0.05, 0) is 19.8 Å². The van der Waals surface area contributed by atoms with Crippen molar-refractivity contribution in [3.8, 4) is 0 Å². The average Bonchev–Trinajstić information content (AvgIpc) is 2.93. The number of nitrogens with zero attached hydrogens (tertiary/aromatic N) is 3. The molecule has 114 valence electrons. The highest BCUT2D eigenvalue weighted by molar-refractivity contribution is 5.95. The van der Waals surface area contributed by atoms with Gasteiger partial charge in [-0.15, -0.1) is 0 Å². The van der Waals surface area contributed by atoms with Gasteiger partial charge in [-0.25, -0.2) is 9.97 Å². The predicted octanol–water partition coefficient (Wildman–Crippen LogP) is 0.787. The van der Waals surface area contributed by atoms with Crippen molar-refractivity contribution in [3.05, 3.63) is 23.8 Å². The Hall–Kier alpha value is -1.53. The Morgan fingerprint density at radius 1 is 1.48 bits per heavy atom. The van der Waals surface area contributed by atoms with Gasteiger partial charge in [0.05, 0.1) is 36.6 Å². The minimum Gasteiger partial charge on any atom is -0.393 e. The SMILES string of the molecule is Cc1ncncc1C(=O)N1CCOC[C@@H]1[C@@H]1CCC[C@@H]1O. The second-order valence-electron chi connectivity index (χ2n) is 5.82. The first-order valence-corrected chi connectivity index (χ1v) is 7.52. The number of aliphatic hydroxyl groups is 1. The lowest BCUT2D eigenvalue weighted by Gasteiger charge is -2.40. The molecule has 6 nitrogen and oxygen atoms in total. The molecule has 1 aliphatic carbocycles. The van der Waals surface area contributed by atoms with Crippen LogP contribution in [0.2, 0.25) is 0 Å². The first kappa shape index (κ1) is 14.4. The average molecular weight is 291 g/mol. The van der Waals surface area contributed by atoms with Crippen LogP contribution in [0.4, 0.5) is 0 Å². The molecule has 6 heteroatoms. The van der Waals surface area contributed by atoms with Crippen LogP contribution in [0.25, 0.3) is 0 Å². The summed E-state index contributed by atoms with van der Waals surface area (Å²) in [4.78, 5) is 22.7. The Kier molecular flexibility index (Phi) is 4.17. The molecule has 0 aromatic carbocycles. The second-order valence-corrected chi connectivity index (χ2v) is 5.82. The molecule has 2 aliphatic rings. The fraction of sp³-hybridized carbons (Fsp3) is 0.667. The Morgan fingerprint density at radius 2 is 2.33 bits per heavy atom. The van der Waals surface area contributed by atoms with Crippen LogP contribution in [0.3, 0.4) is 0 Å². The van der Waals surface area contributed by atoms with Crippen molar-refractivity contribution in [2.45, 2.75) is 38.3 Å². The van der Waals surface area contributed by atoms with Crippen LogP contribution >= 0.6 is 0 Å². The van der Waals surface area contributed by atoms with Gasteiger partial charge < -0.3 is 14.7 Å². The van der Waals surface area contributed by atoms with Gasteiger partial charge in [0.1, 0.15) is 6.33 Å². The van der Waals surface area contributed by atoms with E-state index in [0.717, 1.165) is 19.3 Å². The van der Waals surface area contributed by atoms with E-state index in [1.54, 1.807) is 6.20 Å². The maximum Gasteiger partial charge on any atom is 0.257 e. The van der Waals surface area contributed by atoms with E-state index >= 15 is 0 Å². The smallest absolute Gasteiger partial charge is 0.257 e. The first-order chi connectivity index (χ1) is 10.2. The van der Waals surface area contributed by atoms with Crippen molar-refractivity contribution in [2.24, 2.45) is 5.92 Å². The maximum atomic E-state index is 12.8. The predicted molar refractivity (Wildman–Crippen MR) is 75.8 cm³/mol. The highest BCUT2D eigenvalue weighted by Gasteiger charge is 2.40. The summed E-state index contributed by atoms with van der Waals surface area (Å²) >= 11 is 0. The molecule has 1 aromatic rings. The molecule has 0 spiro atoms. The number of carbonyl (C=O) groups is 1. The third kappa shape index (κ3) is 2.78. The largest absolute Gasteiger partial charge is 0.393 e. The number of aryl methyl sites for hydroxylation is 1. The monoisotopic (exact) mass is 291 g/mol. The van der Waals surface area contributed by atoms with E-state index in [2.05, 4.69) is 9.97 Å². The quantitative estimate of drug-likeness (QED) is 0.872. The molecule has 1 N–H and O–H groups in total. The van der Waals surface area contributed by atoms with E-state index < -0.39 is 0 Å². The van der Waals surface area contributed by atoms with E-state index in [1.165, 1.54) is 6.33 Å². The molecule has 2 fully saturated rings. The molecule has 1 amide bonds. The van der Waals surface area contributed by atoms with Crippen LogP contribution in [0.5, 0.6) is 0 Å². The van der Waals surface area contributed by atoms with Gasteiger partial charge in [0.25, 0.3) is 5.91 Å². The highest BCUT2D eigenvalue weighted by Crippen LogP contribution is 2.32. The topological polar surface area (TPSA) is 75.6 Å². The Morgan fingerprint density at radius 3 is 3.05 bits per heavy atom. The van der Waals surface area contributed by atoms with Gasteiger partial charge >= 0.3 is 0 Å². The van der Waals surface area contributed by atoms with Gasteiger partial charge in [-0.3, -0.25) is 4.79 Å². The molecular weight excluding hydrogens is 270 g/mol. The molecule has 2 heterocycles. The van der Waals surface area contributed by atoms with E-state index in [4.69, 9.17) is 4.74 Å². The fourth-order valence-corrected chi connectivity index (χ4v) is 3.40. The number of morpholine rings is 1. The number of hydrogen-bond acceptors (Lipinski definition) is 5. The molecule has 3 atom stereocenters. The summed E-state index contributed by atoms with van der Waals surface area (Å²) in [5.41, 5.74) is 1.23. The van der Waals surface area contributed by atoms with Crippen LogP contribution in [0, 0.1) is 12.8 Å². The molecule has 1 saturated heterocycles. The molecule has 0 radical (unpaired) electrons. The first-order valence-electron chi connectivity index (χ1n) is 7.52. The van der Waals surface area contributed by atoms with E-state index in [0.29, 0.717) is 31.0 Å². The van der Waals surface area contributed by atoms with Crippen molar-refractivity contribution < 1.29 is 14.6 Å². The fourth-order valence-electron chi connectivity index (χ4n) is 3.40. The normalized spacial score (nSPS) is 29.6. The van der Waals surface area contributed by atoms with Gasteiger partial charge in [0.15, 0.2) is 0 Å². The summed E-state index contributed by atoms with van der Waals surface area (Å²) in [5.74, 6) is 0.0553. The zero-order chi connectivity index (χ0) is 14.8. The molecule has 1 aromatic heterocycles. The summed E-state index contributed by atoms with van der Waals surface area (Å²) in [7, 11) is 0. The molecular formula is C15H21N3O3. The summed E-state index contributed by atoms with van der Waals surface area (Å²) < 4.78 is 5.55. The molecule has 1 saturated carbocycles. The number of rotatable bonds is 2. The number of aliphatic hydroxyl groups excluding tert-OH is 1. The summed E-state index contributed by atoms with van der Waals surface area (Å²) in [6.07, 6.45) is 5.46. The maximum absolute atomic E-state index is 12.8. The number of aromatic nitrogens is 2. The van der Waals surface area contributed by atoms with Crippen molar-refractivity contribution in [1.29, 1.82) is 0 Å². The zero-order valence-corrected chi connectivity index (χ0v) is 12.2. The Bertz CT molecular complexity index is 523. The Labute approximate surface area is 124 Å². The highest BCUT2D eigenvalue weighted by atomic mass is 16.5. The summed E-state index contributed by atoms with van der Waals surface area (Å²) in [6.45, 7) is 3.41. The van der Waals surface area contributed by atoms with Crippen LogP contribution in [0.15, 0.2) is 12.5 Å². The Balaban J connectivity index is 1.84. The minimum atomic E-state index is -0.333. The standard InChI is InChI=1S/C15H21N3O3/c1-10-12(7-16-9-17-10)15(20)18-5-6-21-8-13(18)11-3-2-4-14(11)19/h7,9,11,13-14,19H,2-6,8H2,1H3/t11-,13+,14-/m0/s1. The van der Waals surface area contributed by atoms with Crippen molar-refractivity contribution >= 4 is 5.91 Å². The van der Waals surface area contributed by atoms with Crippen LogP contribution in [-0.4, -0.2) is 57.8 Å². The third-order valence-electron chi connectivity index (χ3n) is 4.59. The van der Waals surface area contributed by atoms with Gasteiger partial charge in [0.2, 0.25) is 0 Å². The van der Waals surface area contributed by atoms with Crippen LogP contribution in [-0.2, 0) is 4.74 Å². The lowest BCUT2D eigenvalue weighted by Crippen LogP contribution is -2.53. The molecule has 1 aliphatic heterocycles. The van der Waals surface area contributed by atoms with E-state index in [1.807, 2.05) is 11.8 Å². The lowest BCUT2D eigenvalue weighted by atomic mass is 9.93. The number of carbonyl (C=O) groups excluding carboxylic acids is 1. The van der Waals surface area contributed by atoms with Crippen molar-refractivity contribution in [2.75, 3.05) is 19.8 Å². The zero-order valence-electron chi connectivity index (χ0n) is 12.2. The molecule has 3 rings (SSSR count). The van der Waals surface area contributed by atoms with Gasteiger partial charge in [-0.2, -0.15) is 0 Å². The molecule has 0 bridgehead atoms. The van der Waals surface area contributed by atoms with Gasteiger partial charge in [0, 0.05) is 18.7 Å². The third-order valence-corrected chi connectivity index (χ3v) is 4.59.